The van der Waals surface area contributed by atoms with E-state index in [9.17, 15) is 9.59 Å². The number of ether oxygens (including phenoxy) is 2. The molecule has 4 aromatic rings. The highest BCUT2D eigenvalue weighted by molar-refractivity contribution is 7.20. The minimum Gasteiger partial charge on any atom is -0.497 e. The van der Waals surface area contributed by atoms with Gasteiger partial charge in [0.05, 0.1) is 18.5 Å². The predicted octanol–water partition coefficient (Wildman–Crippen LogP) is 4.44. The van der Waals surface area contributed by atoms with Gasteiger partial charge in [-0.3, -0.25) is 4.79 Å². The third-order valence-electron chi connectivity index (χ3n) is 4.49. The summed E-state index contributed by atoms with van der Waals surface area (Å²) >= 11 is 1.30. The molecule has 0 saturated heterocycles. The van der Waals surface area contributed by atoms with Crippen LogP contribution in [0.5, 0.6) is 5.75 Å². The van der Waals surface area contributed by atoms with E-state index in [-0.39, 0.29) is 12.4 Å². The molecular formula is C22H18N2O4S. The summed E-state index contributed by atoms with van der Waals surface area (Å²) in [7, 11) is 1.56. The molecule has 0 saturated carbocycles. The number of nitrogens with zero attached hydrogens (tertiary/aromatic N) is 2. The monoisotopic (exact) mass is 406 g/mol. The lowest BCUT2D eigenvalue weighted by atomic mass is 10.1. The molecule has 0 aliphatic heterocycles. The fourth-order valence-corrected chi connectivity index (χ4v) is 4.03. The lowest BCUT2D eigenvalue weighted by Gasteiger charge is -2.04. The van der Waals surface area contributed by atoms with Crippen LogP contribution in [0.15, 0.2) is 60.7 Å². The Morgan fingerprint density at radius 3 is 2.48 bits per heavy atom. The van der Waals surface area contributed by atoms with Crippen LogP contribution in [0.1, 0.15) is 25.7 Å². The predicted molar refractivity (Wildman–Crippen MR) is 111 cm³/mol. The fraction of sp³-hybridized carbons (Fsp3) is 0.136. The van der Waals surface area contributed by atoms with E-state index in [0.717, 1.165) is 21.6 Å². The van der Waals surface area contributed by atoms with Crippen LogP contribution in [0.3, 0.4) is 0 Å². The molecule has 0 atom stereocenters. The summed E-state index contributed by atoms with van der Waals surface area (Å²) in [5.74, 6) is -0.132. The molecule has 0 spiro atoms. The summed E-state index contributed by atoms with van der Waals surface area (Å²) in [6, 6.07) is 18.2. The Labute approximate surface area is 171 Å². The van der Waals surface area contributed by atoms with E-state index in [2.05, 4.69) is 5.10 Å². The number of para-hydroxylation sites is 1. The first kappa shape index (κ1) is 18.9. The molecule has 7 heteroatoms. The second-order valence-corrected chi connectivity index (χ2v) is 7.42. The molecule has 0 bridgehead atoms. The van der Waals surface area contributed by atoms with Crippen LogP contribution in [0.4, 0.5) is 0 Å². The van der Waals surface area contributed by atoms with Gasteiger partial charge >= 0.3 is 5.97 Å². The van der Waals surface area contributed by atoms with Gasteiger partial charge in [-0.2, -0.15) is 5.10 Å². The number of aromatic nitrogens is 2. The molecule has 2 heterocycles. The highest BCUT2D eigenvalue weighted by Gasteiger charge is 2.19. The van der Waals surface area contributed by atoms with Crippen LogP contribution in [0.25, 0.3) is 15.9 Å². The number of carbonyl (C=O) groups is 2. The number of fused-ring (bicyclic) bond motifs is 1. The Morgan fingerprint density at radius 1 is 1.07 bits per heavy atom. The summed E-state index contributed by atoms with van der Waals surface area (Å²) in [6.45, 7) is 1.58. The maximum atomic E-state index is 12.5. The van der Waals surface area contributed by atoms with Gasteiger partial charge in [-0.1, -0.05) is 18.2 Å². The second-order valence-electron chi connectivity index (χ2n) is 6.39. The van der Waals surface area contributed by atoms with Gasteiger partial charge in [0.15, 0.2) is 12.4 Å². The number of hydrogen-bond acceptors (Lipinski definition) is 6. The van der Waals surface area contributed by atoms with Gasteiger partial charge in [0.1, 0.15) is 15.5 Å². The number of thiophene rings is 1. The van der Waals surface area contributed by atoms with E-state index in [4.69, 9.17) is 9.47 Å². The number of Topliss-reactive ketones (excluding diaryl/α,β-unsaturated/α-hetero) is 1. The van der Waals surface area contributed by atoms with Gasteiger partial charge in [0, 0.05) is 10.9 Å². The molecule has 0 aliphatic rings. The Hall–Kier alpha value is -3.45. The average Bonchev–Trinajstić information content (AvgIpc) is 3.33. The van der Waals surface area contributed by atoms with E-state index in [1.165, 1.54) is 11.3 Å². The summed E-state index contributed by atoms with van der Waals surface area (Å²) < 4.78 is 12.1. The van der Waals surface area contributed by atoms with Gasteiger partial charge in [-0.25, -0.2) is 9.48 Å². The molecule has 2 aromatic carbocycles. The molecule has 0 unspecified atom stereocenters. The summed E-state index contributed by atoms with van der Waals surface area (Å²) in [6.07, 6.45) is 0. The molecule has 0 N–H and O–H groups in total. The third kappa shape index (κ3) is 3.77. The molecule has 29 heavy (non-hydrogen) atoms. The normalized spacial score (nSPS) is 10.8. The van der Waals surface area contributed by atoms with E-state index in [0.29, 0.717) is 16.2 Å². The van der Waals surface area contributed by atoms with Crippen LogP contribution in [-0.2, 0) is 4.74 Å². The van der Waals surface area contributed by atoms with Crippen molar-refractivity contribution < 1.29 is 19.1 Å². The number of methoxy groups -OCH3 is 1. The van der Waals surface area contributed by atoms with Crippen molar-refractivity contribution in [3.05, 3.63) is 76.8 Å². The van der Waals surface area contributed by atoms with E-state index in [1.54, 1.807) is 37.4 Å². The number of benzene rings is 2. The lowest BCUT2D eigenvalue weighted by molar-refractivity contribution is 0.0479. The first-order valence-electron chi connectivity index (χ1n) is 8.96. The number of hydrogen-bond donors (Lipinski definition) is 0. The second kappa shape index (κ2) is 7.89. The zero-order valence-electron chi connectivity index (χ0n) is 15.9. The molecule has 146 valence electrons. The van der Waals surface area contributed by atoms with Crippen molar-refractivity contribution in [2.45, 2.75) is 6.92 Å². The molecule has 0 fully saturated rings. The molecule has 0 aliphatic carbocycles. The first-order chi connectivity index (χ1) is 14.1. The van der Waals surface area contributed by atoms with Crippen molar-refractivity contribution in [3.63, 3.8) is 0 Å². The van der Waals surface area contributed by atoms with Crippen molar-refractivity contribution in [2.75, 3.05) is 13.7 Å². The number of rotatable bonds is 6. The van der Waals surface area contributed by atoms with Crippen molar-refractivity contribution in [3.8, 4) is 11.4 Å². The Balaban J connectivity index is 1.51. The number of esters is 1. The van der Waals surface area contributed by atoms with Crippen LogP contribution in [-0.4, -0.2) is 35.2 Å². The Morgan fingerprint density at radius 2 is 1.79 bits per heavy atom. The number of aryl methyl sites for hydroxylation is 1. The van der Waals surface area contributed by atoms with Gasteiger partial charge in [0.2, 0.25) is 0 Å². The van der Waals surface area contributed by atoms with Gasteiger partial charge < -0.3 is 9.47 Å². The van der Waals surface area contributed by atoms with Crippen LogP contribution in [0, 0.1) is 6.92 Å². The van der Waals surface area contributed by atoms with Gasteiger partial charge in [-0.05, 0) is 49.4 Å². The molecule has 0 radical (unpaired) electrons. The molecule has 4 rings (SSSR count). The van der Waals surface area contributed by atoms with Gasteiger partial charge in [-0.15, -0.1) is 11.3 Å². The molecule has 6 nitrogen and oxygen atoms in total. The minimum atomic E-state index is -0.521. The van der Waals surface area contributed by atoms with Crippen LogP contribution < -0.4 is 4.74 Å². The van der Waals surface area contributed by atoms with Gasteiger partial charge in [0.25, 0.3) is 0 Å². The summed E-state index contributed by atoms with van der Waals surface area (Å²) in [5.41, 5.74) is 2.21. The quantitative estimate of drug-likeness (QED) is 0.350. The largest absolute Gasteiger partial charge is 0.497 e. The maximum Gasteiger partial charge on any atom is 0.348 e. The first-order valence-corrected chi connectivity index (χ1v) is 9.77. The topological polar surface area (TPSA) is 70.4 Å². The third-order valence-corrected chi connectivity index (χ3v) is 5.58. The molecule has 0 amide bonds. The lowest BCUT2D eigenvalue weighted by Crippen LogP contribution is -2.13. The van der Waals surface area contributed by atoms with Crippen molar-refractivity contribution >= 4 is 33.3 Å². The highest BCUT2D eigenvalue weighted by atomic mass is 32.1. The minimum absolute atomic E-state index is 0.270. The standard InChI is InChI=1S/C22H18N2O4S/c1-14-18-12-20(29-21(18)24(23-14)16-6-4-3-5-7-16)22(26)28-13-19(25)15-8-10-17(27-2)11-9-15/h3-12H,13H2,1-2H3. The SMILES string of the molecule is COc1ccc(C(=O)COC(=O)c2cc3c(C)nn(-c4ccccc4)c3s2)cc1. The zero-order chi connectivity index (χ0) is 20.4. The smallest absolute Gasteiger partial charge is 0.348 e. The zero-order valence-corrected chi connectivity index (χ0v) is 16.7. The average molecular weight is 406 g/mol. The number of carbonyl (C=O) groups excluding carboxylic acids is 2. The van der Waals surface area contributed by atoms with Crippen LogP contribution >= 0.6 is 11.3 Å². The highest BCUT2D eigenvalue weighted by Crippen LogP contribution is 2.30. The van der Waals surface area contributed by atoms with E-state index in [1.807, 2.05) is 41.9 Å². The molecular weight excluding hydrogens is 388 g/mol. The van der Waals surface area contributed by atoms with E-state index < -0.39 is 5.97 Å². The van der Waals surface area contributed by atoms with E-state index >= 15 is 0 Å². The van der Waals surface area contributed by atoms with Crippen molar-refractivity contribution in [1.29, 1.82) is 0 Å². The maximum absolute atomic E-state index is 12.5. The summed E-state index contributed by atoms with van der Waals surface area (Å²) in [5, 5.41) is 5.45. The van der Waals surface area contributed by atoms with Crippen LogP contribution in [0.2, 0.25) is 0 Å². The fourth-order valence-electron chi connectivity index (χ4n) is 2.95. The van der Waals surface area contributed by atoms with Crippen molar-refractivity contribution in [1.82, 2.24) is 9.78 Å². The Bertz CT molecular complexity index is 1180. The van der Waals surface area contributed by atoms with Crippen molar-refractivity contribution in [2.24, 2.45) is 0 Å². The number of ketones is 1. The Kier molecular flexibility index (Phi) is 5.14. The molecule has 2 aromatic heterocycles. The summed E-state index contributed by atoms with van der Waals surface area (Å²) in [4.78, 5) is 26.1.